The number of rotatable bonds is 4. The Bertz CT molecular complexity index is 1370. The maximum absolute atomic E-state index is 7.14. The molecule has 0 bridgehead atoms. The van der Waals surface area contributed by atoms with Crippen LogP contribution in [-0.4, -0.2) is 19.5 Å². The minimum absolute atomic E-state index is 0.0650. The standard InChI is InChI=1S/C34H43IN4/c1-8-24(3)28-16-19-34(7,35)18-15-26(28)21-29-31(36)39(30-22-33(5,6)17-11-13-25(30)4)32(37)38(29)27-14-10-9-12-23(2)20-27/h9-11,13-22,32H,8,12,36-37H2,1-7H3/b26-21-,28-24+. The maximum Gasteiger partial charge on any atom is 0.165 e. The van der Waals surface area contributed by atoms with Crippen LogP contribution in [0.4, 0.5) is 0 Å². The molecule has 0 aromatic rings. The molecular formula is C34H43IN4. The summed E-state index contributed by atoms with van der Waals surface area (Å²) in [7, 11) is 0. The van der Waals surface area contributed by atoms with Gasteiger partial charge in [0.05, 0.1) is 9.12 Å². The van der Waals surface area contributed by atoms with E-state index in [0.717, 1.165) is 41.1 Å². The second-order valence-corrected chi connectivity index (χ2v) is 14.0. The number of hydrogen-bond acceptors (Lipinski definition) is 4. The average molecular weight is 635 g/mol. The molecule has 0 fully saturated rings. The van der Waals surface area contributed by atoms with E-state index in [2.05, 4.69) is 160 Å². The molecule has 3 aliphatic carbocycles. The van der Waals surface area contributed by atoms with Crippen LogP contribution in [0, 0.1) is 5.41 Å². The van der Waals surface area contributed by atoms with Gasteiger partial charge < -0.3 is 10.6 Å². The van der Waals surface area contributed by atoms with Gasteiger partial charge in [0.15, 0.2) is 6.29 Å². The fourth-order valence-corrected chi connectivity index (χ4v) is 5.54. The minimum Gasteiger partial charge on any atom is -0.383 e. The normalized spacial score (nSPS) is 29.2. The van der Waals surface area contributed by atoms with E-state index in [0.29, 0.717) is 5.82 Å². The predicted octanol–water partition coefficient (Wildman–Crippen LogP) is 8.16. The molecule has 4 rings (SSSR count). The van der Waals surface area contributed by atoms with E-state index >= 15 is 0 Å². The molecule has 1 heterocycles. The van der Waals surface area contributed by atoms with E-state index in [9.17, 15) is 0 Å². The summed E-state index contributed by atoms with van der Waals surface area (Å²) in [4.78, 5) is 4.28. The highest BCUT2D eigenvalue weighted by Gasteiger charge is 2.38. The van der Waals surface area contributed by atoms with Gasteiger partial charge in [0.2, 0.25) is 0 Å². The topological polar surface area (TPSA) is 58.5 Å². The first kappa shape index (κ1) is 29.2. The third-order valence-corrected chi connectivity index (χ3v) is 8.35. The Morgan fingerprint density at radius 1 is 1.08 bits per heavy atom. The summed E-state index contributed by atoms with van der Waals surface area (Å²) in [5, 5.41) is 0. The lowest BCUT2D eigenvalue weighted by Crippen LogP contribution is -2.47. The number of alkyl halides is 1. The molecule has 1 aliphatic heterocycles. The highest BCUT2D eigenvalue weighted by Crippen LogP contribution is 2.40. The van der Waals surface area contributed by atoms with E-state index in [-0.39, 0.29) is 8.84 Å². The van der Waals surface area contributed by atoms with Crippen LogP contribution < -0.4 is 11.5 Å². The van der Waals surface area contributed by atoms with Gasteiger partial charge in [-0.05, 0) is 75.5 Å². The molecule has 39 heavy (non-hydrogen) atoms. The Hall–Kier alpha value is -2.77. The molecule has 5 heteroatoms. The van der Waals surface area contributed by atoms with Crippen LogP contribution in [0.25, 0.3) is 0 Å². The van der Waals surface area contributed by atoms with Crippen molar-refractivity contribution in [3.8, 4) is 0 Å². The number of nitrogens with zero attached hydrogens (tertiary/aromatic N) is 2. The number of halogens is 1. The molecule has 4 aliphatic rings. The molecule has 0 aromatic carbocycles. The summed E-state index contributed by atoms with van der Waals surface area (Å²) in [5.41, 5.74) is 23.2. The Morgan fingerprint density at radius 3 is 2.51 bits per heavy atom. The zero-order valence-corrected chi connectivity index (χ0v) is 26.6. The second-order valence-electron chi connectivity index (χ2n) is 11.7. The molecular weight excluding hydrogens is 591 g/mol. The molecule has 2 unspecified atom stereocenters. The van der Waals surface area contributed by atoms with Gasteiger partial charge in [-0.25, -0.2) is 0 Å². The van der Waals surface area contributed by atoms with E-state index < -0.39 is 6.29 Å². The SMILES string of the molecule is CC/C(C)=C1\C=CC(C)(I)C=C\C1=C\C1=C(N)N(C2=CC(C)(C)C=CC=C2C)C(N)N1C1=CC=CCC(C)=C1. The highest BCUT2D eigenvalue weighted by molar-refractivity contribution is 14.1. The quantitative estimate of drug-likeness (QED) is 0.242. The summed E-state index contributed by atoms with van der Waals surface area (Å²) < 4.78 is -0.0650. The first-order valence-corrected chi connectivity index (χ1v) is 14.9. The van der Waals surface area contributed by atoms with Crippen molar-refractivity contribution in [3.05, 3.63) is 130 Å². The third kappa shape index (κ3) is 6.36. The van der Waals surface area contributed by atoms with Gasteiger partial charge in [-0.3, -0.25) is 10.6 Å². The zero-order chi connectivity index (χ0) is 28.5. The third-order valence-electron chi connectivity index (χ3n) is 7.63. The lowest BCUT2D eigenvalue weighted by Gasteiger charge is -2.34. The van der Waals surface area contributed by atoms with Crippen LogP contribution in [0.3, 0.4) is 0 Å². The Kier molecular flexibility index (Phi) is 8.52. The van der Waals surface area contributed by atoms with Crippen LogP contribution in [-0.2, 0) is 0 Å². The number of hydrogen-bond donors (Lipinski definition) is 2. The number of nitrogens with two attached hydrogens (primary N) is 2. The van der Waals surface area contributed by atoms with E-state index in [1.807, 2.05) is 0 Å². The molecule has 2 atom stereocenters. The molecule has 0 aromatic heterocycles. The van der Waals surface area contributed by atoms with E-state index in [4.69, 9.17) is 11.5 Å². The molecule has 206 valence electrons. The van der Waals surface area contributed by atoms with Gasteiger partial charge in [-0.2, -0.15) is 0 Å². The predicted molar refractivity (Wildman–Crippen MR) is 175 cm³/mol. The van der Waals surface area contributed by atoms with Gasteiger partial charge >= 0.3 is 0 Å². The molecule has 0 spiro atoms. The molecule has 0 radical (unpaired) electrons. The van der Waals surface area contributed by atoms with Crippen molar-refractivity contribution >= 4 is 22.6 Å². The van der Waals surface area contributed by atoms with Gasteiger partial charge in [0, 0.05) is 16.8 Å². The van der Waals surface area contributed by atoms with Gasteiger partial charge in [0.1, 0.15) is 5.82 Å². The van der Waals surface area contributed by atoms with E-state index in [1.54, 1.807) is 0 Å². The molecule has 4 nitrogen and oxygen atoms in total. The monoisotopic (exact) mass is 634 g/mol. The fraction of sp³-hybridized carbons (Fsp3) is 0.353. The first-order valence-electron chi connectivity index (χ1n) is 13.8. The van der Waals surface area contributed by atoms with Gasteiger partial charge in [-0.1, -0.05) is 115 Å². The van der Waals surface area contributed by atoms with Crippen molar-refractivity contribution in [2.24, 2.45) is 16.9 Å². The van der Waals surface area contributed by atoms with E-state index in [1.165, 1.54) is 16.7 Å². The summed E-state index contributed by atoms with van der Waals surface area (Å²) in [6.45, 7) is 15.3. The van der Waals surface area contributed by atoms with Crippen LogP contribution >= 0.6 is 22.6 Å². The summed E-state index contributed by atoms with van der Waals surface area (Å²) in [6.07, 6.45) is 30.1. The van der Waals surface area contributed by atoms with Crippen LogP contribution in [0.1, 0.15) is 61.3 Å². The van der Waals surface area contributed by atoms with Crippen molar-refractivity contribution in [2.75, 3.05) is 0 Å². The summed E-state index contributed by atoms with van der Waals surface area (Å²) in [5.74, 6) is 0.652. The summed E-state index contributed by atoms with van der Waals surface area (Å²) >= 11 is 2.49. The molecule has 0 saturated carbocycles. The molecule has 4 N–H and O–H groups in total. The lowest BCUT2D eigenvalue weighted by atomic mass is 9.92. The highest BCUT2D eigenvalue weighted by atomic mass is 127. The maximum atomic E-state index is 7.14. The van der Waals surface area contributed by atoms with Crippen molar-refractivity contribution in [3.63, 3.8) is 0 Å². The molecule has 0 amide bonds. The number of allylic oxidation sites excluding steroid dienone is 18. The van der Waals surface area contributed by atoms with Crippen molar-refractivity contribution in [2.45, 2.75) is 71.0 Å². The summed E-state index contributed by atoms with van der Waals surface area (Å²) in [6, 6.07) is 0. The zero-order valence-electron chi connectivity index (χ0n) is 24.4. The average Bonchev–Trinajstić information content (AvgIpc) is 3.08. The van der Waals surface area contributed by atoms with Crippen LogP contribution in [0.5, 0.6) is 0 Å². The van der Waals surface area contributed by atoms with Gasteiger partial charge in [0.25, 0.3) is 0 Å². The van der Waals surface area contributed by atoms with Gasteiger partial charge in [-0.15, -0.1) is 0 Å². The van der Waals surface area contributed by atoms with Crippen molar-refractivity contribution in [1.82, 2.24) is 9.80 Å². The van der Waals surface area contributed by atoms with Crippen LogP contribution in [0.2, 0.25) is 0 Å². The first-order chi connectivity index (χ1) is 18.3. The fourth-order valence-electron chi connectivity index (χ4n) is 5.18. The minimum atomic E-state index is -0.498. The Balaban J connectivity index is 1.97. The smallest absolute Gasteiger partial charge is 0.165 e. The van der Waals surface area contributed by atoms with Crippen LogP contribution in [0.15, 0.2) is 130 Å². The second kappa shape index (κ2) is 11.4. The Morgan fingerprint density at radius 2 is 1.79 bits per heavy atom. The lowest BCUT2D eigenvalue weighted by molar-refractivity contribution is 0.215. The van der Waals surface area contributed by atoms with Crippen molar-refractivity contribution in [1.29, 1.82) is 0 Å². The van der Waals surface area contributed by atoms with Crippen molar-refractivity contribution < 1.29 is 0 Å². The Labute approximate surface area is 249 Å². The largest absolute Gasteiger partial charge is 0.383 e. The molecule has 0 saturated heterocycles.